The Bertz CT molecular complexity index is 819. The van der Waals surface area contributed by atoms with Crippen molar-refractivity contribution in [2.45, 2.75) is 12.8 Å². The normalized spacial score (nSPS) is 13.6. The van der Waals surface area contributed by atoms with Crippen LogP contribution in [0.1, 0.15) is 22.3 Å². The van der Waals surface area contributed by atoms with Gasteiger partial charge in [-0.25, -0.2) is 0 Å². The van der Waals surface area contributed by atoms with E-state index in [0.717, 1.165) is 5.56 Å². The lowest BCUT2D eigenvalue weighted by Crippen LogP contribution is -2.40. The molecule has 1 heterocycles. The molecule has 1 aliphatic rings. The van der Waals surface area contributed by atoms with Gasteiger partial charge in [0.25, 0.3) is 5.91 Å². The zero-order valence-corrected chi connectivity index (χ0v) is 16.3. The Labute approximate surface area is 169 Å². The van der Waals surface area contributed by atoms with Crippen LogP contribution in [-0.2, 0) is 16.0 Å². The number of thiocarbonyl (C=S) groups is 1. The number of nitrogens with zero attached hydrogens (tertiary/aromatic N) is 1. The maximum Gasteiger partial charge on any atom is 0.254 e. The molecule has 2 amide bonds. The van der Waals surface area contributed by atoms with E-state index < -0.39 is 0 Å². The lowest BCUT2D eigenvalue weighted by molar-refractivity contribution is -0.119. The average molecular weight is 398 g/mol. The van der Waals surface area contributed by atoms with E-state index in [1.54, 1.807) is 29.2 Å². The van der Waals surface area contributed by atoms with E-state index >= 15 is 0 Å². The van der Waals surface area contributed by atoms with Gasteiger partial charge in [0.1, 0.15) is 0 Å². The molecule has 2 aromatic rings. The predicted octanol–water partition coefficient (Wildman–Crippen LogP) is 2.60. The van der Waals surface area contributed by atoms with E-state index in [1.165, 1.54) is 0 Å². The summed E-state index contributed by atoms with van der Waals surface area (Å²) in [5.74, 6) is -0.146. The van der Waals surface area contributed by atoms with E-state index in [9.17, 15) is 9.59 Å². The van der Waals surface area contributed by atoms with Gasteiger partial charge < -0.3 is 20.3 Å². The molecule has 2 N–H and O–H groups in total. The van der Waals surface area contributed by atoms with E-state index in [2.05, 4.69) is 10.6 Å². The third-order valence-corrected chi connectivity index (χ3v) is 4.63. The second-order valence-corrected chi connectivity index (χ2v) is 6.88. The molecule has 1 aliphatic heterocycles. The summed E-state index contributed by atoms with van der Waals surface area (Å²) in [6.45, 7) is 2.36. The molecule has 7 heteroatoms. The summed E-state index contributed by atoms with van der Waals surface area (Å²) in [7, 11) is 0. The quantitative estimate of drug-likeness (QED) is 0.759. The first-order valence-corrected chi connectivity index (χ1v) is 9.64. The minimum absolute atomic E-state index is 0.00774. The van der Waals surface area contributed by atoms with Gasteiger partial charge in [-0.05, 0) is 48.5 Å². The standard InChI is InChI=1S/C21H23N3O3S/c25-19(11-6-16-4-2-1-3-5-16)23-21(28)22-18-9-7-17(8-10-18)20(26)24-12-14-27-15-13-24/h1-5,7-10H,6,11-15H2,(H2,22,23,25,28). The first kappa shape index (κ1) is 20.0. The number of hydrogen-bond acceptors (Lipinski definition) is 4. The Morgan fingerprint density at radius 3 is 2.36 bits per heavy atom. The van der Waals surface area contributed by atoms with E-state index in [4.69, 9.17) is 17.0 Å². The summed E-state index contributed by atoms with van der Waals surface area (Å²) in [6.07, 6.45) is 1.02. The maximum absolute atomic E-state index is 12.4. The van der Waals surface area contributed by atoms with Crippen LogP contribution in [0.4, 0.5) is 5.69 Å². The van der Waals surface area contributed by atoms with Gasteiger partial charge in [-0.15, -0.1) is 0 Å². The van der Waals surface area contributed by atoms with Gasteiger partial charge in [-0.2, -0.15) is 0 Å². The third kappa shape index (κ3) is 5.87. The molecule has 146 valence electrons. The summed E-state index contributed by atoms with van der Waals surface area (Å²) in [5, 5.41) is 5.89. The van der Waals surface area contributed by atoms with E-state index in [-0.39, 0.29) is 16.9 Å². The molecule has 28 heavy (non-hydrogen) atoms. The van der Waals surface area contributed by atoms with Crippen LogP contribution in [0.25, 0.3) is 0 Å². The predicted molar refractivity (Wildman–Crippen MR) is 112 cm³/mol. The number of rotatable bonds is 5. The minimum atomic E-state index is -0.138. The average Bonchev–Trinajstić information content (AvgIpc) is 2.73. The van der Waals surface area contributed by atoms with Crippen molar-refractivity contribution in [3.05, 3.63) is 65.7 Å². The Morgan fingerprint density at radius 2 is 1.68 bits per heavy atom. The van der Waals surface area contributed by atoms with Crippen molar-refractivity contribution in [2.75, 3.05) is 31.6 Å². The molecule has 0 aromatic heterocycles. The van der Waals surface area contributed by atoms with Gasteiger partial charge in [-0.1, -0.05) is 30.3 Å². The Hall–Kier alpha value is -2.77. The maximum atomic E-state index is 12.4. The second-order valence-electron chi connectivity index (χ2n) is 6.47. The summed E-state index contributed by atoms with van der Waals surface area (Å²) >= 11 is 5.20. The number of amides is 2. The highest BCUT2D eigenvalue weighted by Gasteiger charge is 2.18. The fourth-order valence-electron chi connectivity index (χ4n) is 2.90. The molecular weight excluding hydrogens is 374 g/mol. The van der Waals surface area contributed by atoms with Crippen LogP contribution < -0.4 is 10.6 Å². The summed E-state index contributed by atoms with van der Waals surface area (Å²) in [6, 6.07) is 16.9. The molecular formula is C21H23N3O3S. The lowest BCUT2D eigenvalue weighted by Gasteiger charge is -2.26. The van der Waals surface area contributed by atoms with Crippen LogP contribution in [0, 0.1) is 0 Å². The highest BCUT2D eigenvalue weighted by Crippen LogP contribution is 2.13. The fraction of sp³-hybridized carbons (Fsp3) is 0.286. The first-order chi connectivity index (χ1) is 13.6. The summed E-state index contributed by atoms with van der Waals surface area (Å²) in [5.41, 5.74) is 2.44. The van der Waals surface area contributed by atoms with Crippen molar-refractivity contribution in [1.82, 2.24) is 10.2 Å². The largest absolute Gasteiger partial charge is 0.378 e. The first-order valence-electron chi connectivity index (χ1n) is 9.23. The van der Waals surface area contributed by atoms with Gasteiger partial charge in [0.05, 0.1) is 13.2 Å². The molecule has 0 radical (unpaired) electrons. The number of ether oxygens (including phenoxy) is 1. The van der Waals surface area contributed by atoms with Crippen LogP contribution >= 0.6 is 12.2 Å². The Kier molecular flexibility index (Phi) is 7.11. The van der Waals surface area contributed by atoms with Gasteiger partial charge in [0, 0.05) is 30.8 Å². The summed E-state index contributed by atoms with van der Waals surface area (Å²) < 4.78 is 5.27. The third-order valence-electron chi connectivity index (χ3n) is 4.42. The number of morpholine rings is 1. The summed E-state index contributed by atoms with van der Waals surface area (Å²) in [4.78, 5) is 26.3. The second kappa shape index (κ2) is 9.96. The molecule has 0 bridgehead atoms. The lowest BCUT2D eigenvalue weighted by atomic mass is 10.1. The van der Waals surface area contributed by atoms with Crippen molar-refractivity contribution in [1.29, 1.82) is 0 Å². The van der Waals surface area contributed by atoms with E-state index in [0.29, 0.717) is 50.4 Å². The molecule has 0 atom stereocenters. The topological polar surface area (TPSA) is 70.7 Å². The van der Waals surface area contributed by atoms with Gasteiger partial charge in [-0.3, -0.25) is 9.59 Å². The zero-order valence-electron chi connectivity index (χ0n) is 15.5. The zero-order chi connectivity index (χ0) is 19.8. The van der Waals surface area contributed by atoms with Crippen LogP contribution in [0.3, 0.4) is 0 Å². The minimum Gasteiger partial charge on any atom is -0.378 e. The number of aryl methyl sites for hydroxylation is 1. The number of hydrogen-bond donors (Lipinski definition) is 2. The van der Waals surface area contributed by atoms with Crippen LogP contribution in [0.15, 0.2) is 54.6 Å². The monoisotopic (exact) mass is 397 g/mol. The molecule has 3 rings (SSSR count). The van der Waals surface area contributed by atoms with Crippen LogP contribution in [-0.4, -0.2) is 48.1 Å². The van der Waals surface area contributed by atoms with Crippen LogP contribution in [0.2, 0.25) is 0 Å². The fourth-order valence-corrected chi connectivity index (χ4v) is 3.13. The van der Waals surface area contributed by atoms with Gasteiger partial charge in [0.2, 0.25) is 5.91 Å². The van der Waals surface area contributed by atoms with Crippen molar-refractivity contribution in [3.8, 4) is 0 Å². The Morgan fingerprint density at radius 1 is 1.00 bits per heavy atom. The molecule has 6 nitrogen and oxygen atoms in total. The molecule has 2 aromatic carbocycles. The van der Waals surface area contributed by atoms with Crippen molar-refractivity contribution in [2.24, 2.45) is 0 Å². The van der Waals surface area contributed by atoms with Crippen molar-refractivity contribution in [3.63, 3.8) is 0 Å². The Balaban J connectivity index is 1.46. The van der Waals surface area contributed by atoms with Crippen molar-refractivity contribution >= 4 is 34.8 Å². The molecule has 0 unspecified atom stereocenters. The van der Waals surface area contributed by atoms with Gasteiger partial charge >= 0.3 is 0 Å². The molecule has 0 spiro atoms. The SMILES string of the molecule is O=C(CCc1ccccc1)NC(=S)Nc1ccc(C(=O)N2CCOCC2)cc1. The highest BCUT2D eigenvalue weighted by molar-refractivity contribution is 7.80. The van der Waals surface area contributed by atoms with Crippen LogP contribution in [0.5, 0.6) is 0 Å². The van der Waals surface area contributed by atoms with Crippen molar-refractivity contribution < 1.29 is 14.3 Å². The molecule has 1 saturated heterocycles. The number of carbonyl (C=O) groups is 2. The number of nitrogens with one attached hydrogen (secondary N) is 2. The van der Waals surface area contributed by atoms with E-state index in [1.807, 2.05) is 30.3 Å². The smallest absolute Gasteiger partial charge is 0.254 e. The molecule has 0 saturated carbocycles. The highest BCUT2D eigenvalue weighted by atomic mass is 32.1. The van der Waals surface area contributed by atoms with Gasteiger partial charge in [0.15, 0.2) is 5.11 Å². The number of anilines is 1. The number of benzene rings is 2. The molecule has 1 fully saturated rings. The molecule has 0 aliphatic carbocycles. The number of carbonyl (C=O) groups excluding carboxylic acids is 2.